The Kier molecular flexibility index (Phi) is 5.13. The van der Waals surface area contributed by atoms with E-state index in [9.17, 15) is 0 Å². The van der Waals surface area contributed by atoms with E-state index in [1.165, 1.54) is 16.8 Å². The Bertz CT molecular complexity index is 523. The third-order valence-corrected chi connectivity index (χ3v) is 3.38. The molecular weight excluding hydrogens is 246 g/mol. The molecule has 0 atom stereocenters. The van der Waals surface area contributed by atoms with E-state index in [1.54, 1.807) is 0 Å². The van der Waals surface area contributed by atoms with Crippen molar-refractivity contribution in [2.45, 2.75) is 33.0 Å². The third kappa shape index (κ3) is 3.58. The SMILES string of the molecule is CNCc1ccncc1N(Cc1ccccc1)C(C)C. The van der Waals surface area contributed by atoms with Crippen LogP contribution < -0.4 is 10.2 Å². The normalized spacial score (nSPS) is 10.8. The van der Waals surface area contributed by atoms with Crippen molar-refractivity contribution in [2.24, 2.45) is 0 Å². The Morgan fingerprint density at radius 2 is 1.90 bits per heavy atom. The molecule has 1 aromatic heterocycles. The number of nitrogens with one attached hydrogen (secondary N) is 1. The largest absolute Gasteiger partial charge is 0.363 e. The van der Waals surface area contributed by atoms with Crippen LogP contribution >= 0.6 is 0 Å². The van der Waals surface area contributed by atoms with Crippen LogP contribution in [0.4, 0.5) is 5.69 Å². The van der Waals surface area contributed by atoms with Crippen molar-refractivity contribution in [2.75, 3.05) is 11.9 Å². The third-order valence-electron chi connectivity index (χ3n) is 3.38. The Labute approximate surface area is 121 Å². The number of hydrogen-bond acceptors (Lipinski definition) is 3. The lowest BCUT2D eigenvalue weighted by Gasteiger charge is -2.30. The summed E-state index contributed by atoms with van der Waals surface area (Å²) in [5.74, 6) is 0. The topological polar surface area (TPSA) is 28.2 Å². The number of rotatable bonds is 6. The first-order valence-electron chi connectivity index (χ1n) is 7.10. The maximum Gasteiger partial charge on any atom is 0.0603 e. The van der Waals surface area contributed by atoms with E-state index in [2.05, 4.69) is 65.4 Å². The highest BCUT2D eigenvalue weighted by atomic mass is 15.2. The Balaban J connectivity index is 2.29. The highest BCUT2D eigenvalue weighted by Gasteiger charge is 2.14. The summed E-state index contributed by atoms with van der Waals surface area (Å²) in [5, 5.41) is 3.23. The van der Waals surface area contributed by atoms with E-state index in [1.807, 2.05) is 19.4 Å². The Morgan fingerprint density at radius 3 is 2.55 bits per heavy atom. The summed E-state index contributed by atoms with van der Waals surface area (Å²) in [6, 6.07) is 13.1. The molecule has 3 heteroatoms. The van der Waals surface area contributed by atoms with Gasteiger partial charge in [0, 0.05) is 25.3 Å². The molecule has 0 unspecified atom stereocenters. The van der Waals surface area contributed by atoms with Crippen molar-refractivity contribution in [3.05, 3.63) is 59.9 Å². The molecule has 1 aromatic carbocycles. The molecule has 20 heavy (non-hydrogen) atoms. The van der Waals surface area contributed by atoms with Gasteiger partial charge in [-0.25, -0.2) is 0 Å². The zero-order chi connectivity index (χ0) is 14.4. The predicted octanol–water partition coefficient (Wildman–Crippen LogP) is 3.22. The molecule has 0 radical (unpaired) electrons. The molecule has 0 spiro atoms. The molecule has 0 aliphatic rings. The molecule has 0 saturated heterocycles. The molecule has 106 valence electrons. The van der Waals surface area contributed by atoms with Gasteiger partial charge >= 0.3 is 0 Å². The first-order valence-corrected chi connectivity index (χ1v) is 7.10. The summed E-state index contributed by atoms with van der Waals surface area (Å²) in [5.41, 5.74) is 3.81. The van der Waals surface area contributed by atoms with E-state index in [0.29, 0.717) is 6.04 Å². The smallest absolute Gasteiger partial charge is 0.0603 e. The first kappa shape index (κ1) is 14.5. The summed E-state index contributed by atoms with van der Waals surface area (Å²) in [6.07, 6.45) is 3.83. The molecule has 0 bridgehead atoms. The minimum absolute atomic E-state index is 0.426. The number of anilines is 1. The van der Waals surface area contributed by atoms with Crippen molar-refractivity contribution in [3.8, 4) is 0 Å². The number of nitrogens with zero attached hydrogens (tertiary/aromatic N) is 2. The van der Waals surface area contributed by atoms with Crippen LogP contribution in [0.3, 0.4) is 0 Å². The summed E-state index contributed by atoms with van der Waals surface area (Å²) >= 11 is 0. The number of aromatic nitrogens is 1. The average Bonchev–Trinajstić information content (AvgIpc) is 2.47. The van der Waals surface area contributed by atoms with Crippen LogP contribution in [0.2, 0.25) is 0 Å². The van der Waals surface area contributed by atoms with Crippen molar-refractivity contribution >= 4 is 5.69 Å². The van der Waals surface area contributed by atoms with E-state index < -0.39 is 0 Å². The van der Waals surface area contributed by atoms with E-state index in [0.717, 1.165) is 13.1 Å². The van der Waals surface area contributed by atoms with E-state index >= 15 is 0 Å². The highest BCUT2D eigenvalue weighted by Crippen LogP contribution is 2.23. The summed E-state index contributed by atoms with van der Waals surface area (Å²) in [7, 11) is 1.97. The molecule has 2 aromatic rings. The molecule has 0 aliphatic carbocycles. The Hall–Kier alpha value is -1.87. The molecule has 1 heterocycles. The van der Waals surface area contributed by atoms with Crippen LogP contribution in [0.25, 0.3) is 0 Å². The second kappa shape index (κ2) is 7.06. The average molecular weight is 269 g/mol. The van der Waals surface area contributed by atoms with Gasteiger partial charge in [-0.15, -0.1) is 0 Å². The van der Waals surface area contributed by atoms with Crippen molar-refractivity contribution < 1.29 is 0 Å². The zero-order valence-corrected chi connectivity index (χ0v) is 12.5. The van der Waals surface area contributed by atoms with Gasteiger partial charge in [-0.05, 0) is 38.1 Å². The first-order chi connectivity index (χ1) is 9.72. The van der Waals surface area contributed by atoms with Crippen molar-refractivity contribution in [1.29, 1.82) is 0 Å². The summed E-state index contributed by atoms with van der Waals surface area (Å²) in [4.78, 5) is 6.70. The van der Waals surface area contributed by atoms with Gasteiger partial charge in [-0.3, -0.25) is 4.98 Å². The quantitative estimate of drug-likeness (QED) is 0.872. The second-order valence-electron chi connectivity index (χ2n) is 5.24. The van der Waals surface area contributed by atoms with Crippen LogP contribution in [0.1, 0.15) is 25.0 Å². The van der Waals surface area contributed by atoms with Crippen LogP contribution in [0.15, 0.2) is 48.8 Å². The van der Waals surface area contributed by atoms with Crippen LogP contribution in [0, 0.1) is 0 Å². The van der Waals surface area contributed by atoms with Crippen LogP contribution in [0.5, 0.6) is 0 Å². The maximum atomic E-state index is 4.30. The standard InChI is InChI=1S/C17H23N3/c1-14(2)20(13-15-7-5-4-6-8-15)17-12-19-10-9-16(17)11-18-3/h4-10,12,14,18H,11,13H2,1-3H3. The van der Waals surface area contributed by atoms with Crippen LogP contribution in [-0.2, 0) is 13.1 Å². The fraction of sp³-hybridized carbons (Fsp3) is 0.353. The zero-order valence-electron chi connectivity index (χ0n) is 12.5. The highest BCUT2D eigenvalue weighted by molar-refractivity contribution is 5.52. The van der Waals surface area contributed by atoms with Crippen LogP contribution in [-0.4, -0.2) is 18.1 Å². The van der Waals surface area contributed by atoms with Gasteiger partial charge in [-0.2, -0.15) is 0 Å². The summed E-state index contributed by atoms with van der Waals surface area (Å²) < 4.78 is 0. The van der Waals surface area contributed by atoms with Gasteiger partial charge in [0.15, 0.2) is 0 Å². The van der Waals surface area contributed by atoms with Gasteiger partial charge in [0.25, 0.3) is 0 Å². The minimum atomic E-state index is 0.426. The Morgan fingerprint density at radius 1 is 1.15 bits per heavy atom. The maximum absolute atomic E-state index is 4.30. The van der Waals surface area contributed by atoms with E-state index in [4.69, 9.17) is 0 Å². The molecule has 0 amide bonds. The van der Waals surface area contributed by atoms with Gasteiger partial charge in [-0.1, -0.05) is 30.3 Å². The molecule has 3 nitrogen and oxygen atoms in total. The van der Waals surface area contributed by atoms with Crippen molar-refractivity contribution in [1.82, 2.24) is 10.3 Å². The predicted molar refractivity (Wildman–Crippen MR) is 84.8 cm³/mol. The summed E-state index contributed by atoms with van der Waals surface area (Å²) in [6.45, 7) is 6.20. The lowest BCUT2D eigenvalue weighted by Crippen LogP contribution is -2.31. The van der Waals surface area contributed by atoms with Gasteiger partial charge < -0.3 is 10.2 Å². The second-order valence-corrected chi connectivity index (χ2v) is 5.24. The molecule has 0 saturated carbocycles. The fourth-order valence-electron chi connectivity index (χ4n) is 2.34. The van der Waals surface area contributed by atoms with Gasteiger partial charge in [0.2, 0.25) is 0 Å². The van der Waals surface area contributed by atoms with Gasteiger partial charge in [0.05, 0.1) is 11.9 Å². The lowest BCUT2D eigenvalue weighted by atomic mass is 10.1. The monoisotopic (exact) mass is 269 g/mol. The molecule has 0 fully saturated rings. The minimum Gasteiger partial charge on any atom is -0.363 e. The fourth-order valence-corrected chi connectivity index (χ4v) is 2.34. The van der Waals surface area contributed by atoms with Gasteiger partial charge in [0.1, 0.15) is 0 Å². The number of benzene rings is 1. The van der Waals surface area contributed by atoms with E-state index in [-0.39, 0.29) is 0 Å². The molecule has 0 aliphatic heterocycles. The number of hydrogen-bond donors (Lipinski definition) is 1. The molecular formula is C17H23N3. The molecule has 2 rings (SSSR count). The van der Waals surface area contributed by atoms with Crippen molar-refractivity contribution in [3.63, 3.8) is 0 Å². The lowest BCUT2D eigenvalue weighted by molar-refractivity contribution is 0.672. The number of pyridine rings is 1. The molecule has 1 N–H and O–H groups in total.